The molecule has 0 aliphatic rings. The highest BCUT2D eigenvalue weighted by molar-refractivity contribution is 5.72. The number of nitrogens with zero attached hydrogens (tertiary/aromatic N) is 2. The van der Waals surface area contributed by atoms with Crippen LogP contribution in [0.1, 0.15) is 29.0 Å². The van der Waals surface area contributed by atoms with E-state index < -0.39 is 23.3 Å². The lowest BCUT2D eigenvalue weighted by atomic mass is 9.89. The first-order valence-electron chi connectivity index (χ1n) is 9.04. The topological polar surface area (TPSA) is 120 Å². The van der Waals surface area contributed by atoms with Crippen molar-refractivity contribution in [2.75, 3.05) is 21.3 Å². The van der Waals surface area contributed by atoms with Crippen molar-refractivity contribution in [2.45, 2.75) is 19.3 Å². The Morgan fingerprint density at radius 3 is 2.33 bits per heavy atom. The SMILES string of the molecule is COC(=O)C[C@H](c1cc(OC)c(O)c(OC)c1)c1c(O)nc2ccc(C)cn2c1=O. The van der Waals surface area contributed by atoms with Crippen LogP contribution in [0, 0.1) is 6.92 Å². The van der Waals surface area contributed by atoms with Crippen LogP contribution in [-0.4, -0.2) is 46.9 Å². The van der Waals surface area contributed by atoms with Gasteiger partial charge in [0.25, 0.3) is 5.56 Å². The molecule has 0 unspecified atom stereocenters. The first-order chi connectivity index (χ1) is 14.3. The van der Waals surface area contributed by atoms with Gasteiger partial charge in [-0.25, -0.2) is 0 Å². The van der Waals surface area contributed by atoms with Gasteiger partial charge in [-0.15, -0.1) is 0 Å². The van der Waals surface area contributed by atoms with Gasteiger partial charge in [-0.1, -0.05) is 6.07 Å². The molecule has 0 amide bonds. The summed E-state index contributed by atoms with van der Waals surface area (Å²) >= 11 is 0. The van der Waals surface area contributed by atoms with Crippen LogP contribution < -0.4 is 15.0 Å². The molecule has 0 fully saturated rings. The van der Waals surface area contributed by atoms with Crippen molar-refractivity contribution >= 4 is 11.6 Å². The molecule has 30 heavy (non-hydrogen) atoms. The van der Waals surface area contributed by atoms with Crippen molar-refractivity contribution in [3.63, 3.8) is 0 Å². The Labute approximate surface area is 172 Å². The quantitative estimate of drug-likeness (QED) is 0.589. The maximum Gasteiger partial charge on any atom is 0.306 e. The Morgan fingerprint density at radius 2 is 1.77 bits per heavy atom. The second-order valence-corrected chi connectivity index (χ2v) is 6.70. The van der Waals surface area contributed by atoms with Crippen molar-refractivity contribution in [1.29, 1.82) is 0 Å². The number of pyridine rings is 1. The molecule has 0 aliphatic heterocycles. The average molecular weight is 414 g/mol. The maximum atomic E-state index is 13.3. The van der Waals surface area contributed by atoms with Gasteiger partial charge in [0.15, 0.2) is 11.5 Å². The van der Waals surface area contributed by atoms with Crippen molar-refractivity contribution < 1.29 is 29.2 Å². The summed E-state index contributed by atoms with van der Waals surface area (Å²) in [5.74, 6) is -2.08. The summed E-state index contributed by atoms with van der Waals surface area (Å²) in [5, 5.41) is 20.8. The van der Waals surface area contributed by atoms with Crippen LogP contribution in [0.4, 0.5) is 0 Å². The fourth-order valence-corrected chi connectivity index (χ4v) is 3.30. The minimum atomic E-state index is -0.932. The molecule has 2 N–H and O–H groups in total. The average Bonchev–Trinajstić information content (AvgIpc) is 2.73. The normalized spacial score (nSPS) is 11.9. The molecule has 1 atom stereocenters. The molecule has 0 spiro atoms. The molecular formula is C21H22N2O7. The van der Waals surface area contributed by atoms with Gasteiger partial charge in [0, 0.05) is 12.1 Å². The molecule has 2 heterocycles. The highest BCUT2D eigenvalue weighted by Gasteiger charge is 2.29. The van der Waals surface area contributed by atoms with E-state index in [0.29, 0.717) is 5.56 Å². The lowest BCUT2D eigenvalue weighted by molar-refractivity contribution is -0.140. The minimum absolute atomic E-state index is 0.0849. The number of rotatable bonds is 6. The molecule has 2 aromatic heterocycles. The number of phenolic OH excluding ortho intramolecular Hbond substituents is 1. The Morgan fingerprint density at radius 1 is 1.13 bits per heavy atom. The first-order valence-corrected chi connectivity index (χ1v) is 9.04. The van der Waals surface area contributed by atoms with E-state index in [-0.39, 0.29) is 34.9 Å². The van der Waals surface area contributed by atoms with E-state index in [1.807, 2.05) is 6.92 Å². The van der Waals surface area contributed by atoms with E-state index in [9.17, 15) is 19.8 Å². The summed E-state index contributed by atoms with van der Waals surface area (Å²) in [7, 11) is 3.95. The van der Waals surface area contributed by atoms with Gasteiger partial charge in [0.05, 0.1) is 33.3 Å². The smallest absolute Gasteiger partial charge is 0.306 e. The number of phenols is 1. The number of aromatic hydroxyl groups is 2. The lowest BCUT2D eigenvalue weighted by Crippen LogP contribution is -2.24. The third-order valence-electron chi connectivity index (χ3n) is 4.84. The van der Waals surface area contributed by atoms with Crippen LogP contribution >= 0.6 is 0 Å². The predicted molar refractivity (Wildman–Crippen MR) is 108 cm³/mol. The number of hydrogen-bond donors (Lipinski definition) is 2. The van der Waals surface area contributed by atoms with Gasteiger partial charge in [-0.2, -0.15) is 4.98 Å². The first kappa shape index (κ1) is 21.0. The van der Waals surface area contributed by atoms with Gasteiger partial charge in [0.1, 0.15) is 5.65 Å². The van der Waals surface area contributed by atoms with E-state index in [4.69, 9.17) is 14.2 Å². The zero-order valence-corrected chi connectivity index (χ0v) is 17.0. The van der Waals surface area contributed by atoms with Gasteiger partial charge >= 0.3 is 5.97 Å². The number of ether oxygens (including phenoxy) is 3. The fourth-order valence-electron chi connectivity index (χ4n) is 3.30. The largest absolute Gasteiger partial charge is 0.502 e. The summed E-state index contributed by atoms with van der Waals surface area (Å²) in [6.45, 7) is 1.82. The van der Waals surface area contributed by atoms with E-state index >= 15 is 0 Å². The Hall–Kier alpha value is -3.75. The van der Waals surface area contributed by atoms with E-state index in [1.165, 1.54) is 37.9 Å². The summed E-state index contributed by atoms with van der Waals surface area (Å²) in [5.41, 5.74) is 0.873. The number of fused-ring (bicyclic) bond motifs is 1. The highest BCUT2D eigenvalue weighted by atomic mass is 16.5. The summed E-state index contributed by atoms with van der Waals surface area (Å²) in [6.07, 6.45) is 1.34. The number of esters is 1. The molecule has 3 aromatic rings. The minimum Gasteiger partial charge on any atom is -0.502 e. The predicted octanol–water partition coefficient (Wildman–Crippen LogP) is 2.13. The molecule has 9 nitrogen and oxygen atoms in total. The van der Waals surface area contributed by atoms with Crippen LogP contribution in [0.3, 0.4) is 0 Å². The van der Waals surface area contributed by atoms with E-state index in [1.54, 1.807) is 18.3 Å². The summed E-state index contributed by atoms with van der Waals surface area (Å²) in [4.78, 5) is 29.5. The molecule has 0 saturated carbocycles. The summed E-state index contributed by atoms with van der Waals surface area (Å²) in [6, 6.07) is 6.32. The van der Waals surface area contributed by atoms with Gasteiger partial charge in [-0.05, 0) is 36.2 Å². The molecule has 158 valence electrons. The van der Waals surface area contributed by atoms with Gasteiger partial charge < -0.3 is 24.4 Å². The number of benzene rings is 1. The van der Waals surface area contributed by atoms with E-state index in [0.717, 1.165) is 5.56 Å². The highest BCUT2D eigenvalue weighted by Crippen LogP contribution is 2.42. The van der Waals surface area contributed by atoms with Crippen molar-refractivity contribution in [3.05, 3.63) is 57.5 Å². The monoisotopic (exact) mass is 414 g/mol. The van der Waals surface area contributed by atoms with E-state index in [2.05, 4.69) is 4.98 Å². The van der Waals surface area contributed by atoms with Crippen molar-refractivity contribution in [3.8, 4) is 23.1 Å². The van der Waals surface area contributed by atoms with Crippen LogP contribution in [0.15, 0.2) is 35.3 Å². The standard InChI is InChI=1S/C21H22N2O7/c1-11-5-6-16-22-20(26)18(21(27)23(16)10-11)13(9-17(24)30-4)12-7-14(28-2)19(25)15(8-12)29-3/h5-8,10,13,25-26H,9H2,1-4H3/t13-/m1/s1. The Kier molecular flexibility index (Phi) is 5.81. The second kappa shape index (κ2) is 8.32. The number of methoxy groups -OCH3 is 3. The van der Waals surface area contributed by atoms with Gasteiger partial charge in [-0.3, -0.25) is 14.0 Å². The zero-order chi connectivity index (χ0) is 22.0. The second-order valence-electron chi connectivity index (χ2n) is 6.70. The molecule has 0 radical (unpaired) electrons. The maximum absolute atomic E-state index is 13.3. The number of carbonyl (C=O) groups is 1. The number of aryl methyl sites for hydroxylation is 1. The van der Waals surface area contributed by atoms with Crippen molar-refractivity contribution in [2.24, 2.45) is 0 Å². The number of hydrogen-bond acceptors (Lipinski definition) is 8. The number of aromatic nitrogens is 2. The summed E-state index contributed by atoms with van der Waals surface area (Å²) < 4.78 is 16.5. The fraction of sp³-hybridized carbons (Fsp3) is 0.286. The van der Waals surface area contributed by atoms with Gasteiger partial charge in [0.2, 0.25) is 11.6 Å². The molecule has 0 bridgehead atoms. The lowest BCUT2D eigenvalue weighted by Gasteiger charge is -2.20. The molecule has 1 aromatic carbocycles. The molecular weight excluding hydrogens is 392 g/mol. The van der Waals surface area contributed by atoms with Crippen LogP contribution in [0.5, 0.6) is 23.1 Å². The van der Waals surface area contributed by atoms with Crippen LogP contribution in [0.2, 0.25) is 0 Å². The number of carbonyl (C=O) groups excluding carboxylic acids is 1. The van der Waals surface area contributed by atoms with Crippen molar-refractivity contribution in [1.82, 2.24) is 9.38 Å². The molecule has 9 heteroatoms. The van der Waals surface area contributed by atoms with Crippen LogP contribution in [-0.2, 0) is 9.53 Å². The Balaban J connectivity index is 2.31. The van der Waals surface area contributed by atoms with Crippen LogP contribution in [0.25, 0.3) is 5.65 Å². The molecule has 0 saturated heterocycles. The Bertz CT molecular complexity index is 1140. The molecule has 0 aliphatic carbocycles. The third kappa shape index (κ3) is 3.73. The third-order valence-corrected chi connectivity index (χ3v) is 4.84. The zero-order valence-electron chi connectivity index (χ0n) is 17.0. The molecule has 3 rings (SSSR count).